The van der Waals surface area contributed by atoms with E-state index in [0.29, 0.717) is 23.8 Å². The van der Waals surface area contributed by atoms with Crippen molar-refractivity contribution in [2.45, 2.75) is 25.3 Å². The Kier molecular flexibility index (Phi) is 3.50. The minimum absolute atomic E-state index is 0.135. The molecule has 0 amide bonds. The summed E-state index contributed by atoms with van der Waals surface area (Å²) in [7, 11) is 0. The maximum atomic E-state index is 9.11. The fraction of sp³-hybridized carbons (Fsp3) is 0.462. The molecule has 0 atom stereocenters. The highest BCUT2D eigenvalue weighted by Gasteiger charge is 2.25. The first-order valence-electron chi connectivity index (χ1n) is 5.93. The van der Waals surface area contributed by atoms with Crippen LogP contribution < -0.4 is 10.6 Å². The number of benzene rings is 1. The molecule has 0 unspecified atom stereocenters. The third kappa shape index (κ3) is 2.34. The Labute approximate surface area is 101 Å². The van der Waals surface area contributed by atoms with Crippen LogP contribution >= 0.6 is 0 Å². The molecule has 0 aromatic heterocycles. The fourth-order valence-electron chi connectivity index (χ4n) is 2.16. The highest BCUT2D eigenvalue weighted by Crippen LogP contribution is 2.30. The Balaban J connectivity index is 2.23. The second-order valence-corrected chi connectivity index (χ2v) is 4.39. The molecule has 1 aliphatic carbocycles. The lowest BCUT2D eigenvalue weighted by Gasteiger charge is -2.39. The molecule has 1 fully saturated rings. The third-order valence-corrected chi connectivity index (χ3v) is 3.34. The van der Waals surface area contributed by atoms with E-state index in [2.05, 4.69) is 11.0 Å². The summed E-state index contributed by atoms with van der Waals surface area (Å²) >= 11 is 0. The highest BCUT2D eigenvalue weighted by atomic mass is 16.3. The number of aliphatic hydroxyl groups excluding tert-OH is 1. The zero-order valence-corrected chi connectivity index (χ0v) is 9.76. The average molecular weight is 231 g/mol. The minimum atomic E-state index is 0.135. The predicted octanol–water partition coefficient (Wildman–Crippen LogP) is 1.49. The van der Waals surface area contributed by atoms with Gasteiger partial charge in [-0.15, -0.1) is 0 Å². The molecule has 0 spiro atoms. The van der Waals surface area contributed by atoms with Gasteiger partial charge < -0.3 is 15.7 Å². The molecule has 3 N–H and O–H groups in total. The van der Waals surface area contributed by atoms with Gasteiger partial charge in [-0.1, -0.05) is 0 Å². The Morgan fingerprint density at radius 2 is 2.24 bits per heavy atom. The van der Waals surface area contributed by atoms with Crippen molar-refractivity contribution in [1.82, 2.24) is 0 Å². The van der Waals surface area contributed by atoms with Crippen LogP contribution in [-0.4, -0.2) is 24.3 Å². The minimum Gasteiger partial charge on any atom is -0.398 e. The number of anilines is 2. The lowest BCUT2D eigenvalue weighted by Crippen LogP contribution is -2.42. The molecule has 90 valence electrons. The van der Waals surface area contributed by atoms with Crippen molar-refractivity contribution in [1.29, 1.82) is 5.26 Å². The highest BCUT2D eigenvalue weighted by molar-refractivity contribution is 5.64. The average Bonchev–Trinajstić information content (AvgIpc) is 2.26. The van der Waals surface area contributed by atoms with Crippen LogP contribution in [0.3, 0.4) is 0 Å². The van der Waals surface area contributed by atoms with E-state index >= 15 is 0 Å². The Hall–Kier alpha value is -1.73. The zero-order valence-electron chi connectivity index (χ0n) is 9.76. The Morgan fingerprint density at radius 3 is 2.71 bits per heavy atom. The molecular weight excluding hydrogens is 214 g/mol. The summed E-state index contributed by atoms with van der Waals surface area (Å²) in [5.41, 5.74) is 7.83. The van der Waals surface area contributed by atoms with Gasteiger partial charge in [0.15, 0.2) is 0 Å². The van der Waals surface area contributed by atoms with E-state index in [1.54, 1.807) is 6.07 Å². The van der Waals surface area contributed by atoms with Crippen molar-refractivity contribution in [3.63, 3.8) is 0 Å². The largest absolute Gasteiger partial charge is 0.398 e. The maximum Gasteiger partial charge on any atom is 0.101 e. The van der Waals surface area contributed by atoms with Crippen molar-refractivity contribution in [3.05, 3.63) is 23.8 Å². The number of hydrogen-bond acceptors (Lipinski definition) is 4. The number of nitrogens with zero attached hydrogens (tertiary/aromatic N) is 2. The molecule has 1 aromatic carbocycles. The summed E-state index contributed by atoms with van der Waals surface area (Å²) in [5.74, 6) is 0. The molecule has 0 saturated heterocycles. The van der Waals surface area contributed by atoms with Crippen molar-refractivity contribution in [2.24, 2.45) is 0 Å². The van der Waals surface area contributed by atoms with Crippen LogP contribution in [0.2, 0.25) is 0 Å². The molecule has 4 heteroatoms. The van der Waals surface area contributed by atoms with Crippen LogP contribution in [0.25, 0.3) is 0 Å². The van der Waals surface area contributed by atoms with Gasteiger partial charge in [0.05, 0.1) is 17.9 Å². The van der Waals surface area contributed by atoms with Crippen LogP contribution in [0, 0.1) is 11.3 Å². The fourth-order valence-corrected chi connectivity index (χ4v) is 2.16. The molecule has 1 saturated carbocycles. The molecule has 17 heavy (non-hydrogen) atoms. The predicted molar refractivity (Wildman–Crippen MR) is 67.6 cm³/mol. The number of nitriles is 1. The topological polar surface area (TPSA) is 73.3 Å². The van der Waals surface area contributed by atoms with Crippen LogP contribution in [0.15, 0.2) is 18.2 Å². The van der Waals surface area contributed by atoms with E-state index in [1.165, 1.54) is 19.3 Å². The molecule has 0 heterocycles. The normalized spacial score (nSPS) is 15.1. The summed E-state index contributed by atoms with van der Waals surface area (Å²) in [6, 6.07) is 8.04. The Morgan fingerprint density at radius 1 is 1.47 bits per heavy atom. The molecule has 1 aliphatic rings. The smallest absolute Gasteiger partial charge is 0.101 e. The van der Waals surface area contributed by atoms with E-state index in [4.69, 9.17) is 16.1 Å². The summed E-state index contributed by atoms with van der Waals surface area (Å²) in [6.45, 7) is 0.756. The van der Waals surface area contributed by atoms with Crippen LogP contribution in [0.5, 0.6) is 0 Å². The van der Waals surface area contributed by atoms with E-state index in [-0.39, 0.29) is 6.61 Å². The van der Waals surface area contributed by atoms with E-state index in [9.17, 15) is 0 Å². The quantitative estimate of drug-likeness (QED) is 0.770. The standard InChI is InChI=1S/C13H17N3O/c14-9-10-4-5-12(8-13(10)15)16(6-7-17)11-2-1-3-11/h4-5,8,11,17H,1-3,6-7,15H2. The summed E-state index contributed by atoms with van der Waals surface area (Å²) in [6.07, 6.45) is 3.58. The maximum absolute atomic E-state index is 9.11. The van der Waals surface area contributed by atoms with Gasteiger partial charge in [0, 0.05) is 18.3 Å². The van der Waals surface area contributed by atoms with Gasteiger partial charge in [-0.05, 0) is 37.5 Å². The molecule has 0 aliphatic heterocycles. The molecule has 4 nitrogen and oxygen atoms in total. The van der Waals surface area contributed by atoms with Gasteiger partial charge in [0.1, 0.15) is 6.07 Å². The third-order valence-electron chi connectivity index (χ3n) is 3.34. The second kappa shape index (κ2) is 5.07. The van der Waals surface area contributed by atoms with Gasteiger partial charge in [-0.2, -0.15) is 5.26 Å². The van der Waals surface area contributed by atoms with Crippen molar-refractivity contribution in [3.8, 4) is 6.07 Å². The Bertz CT molecular complexity index is 435. The van der Waals surface area contributed by atoms with Crippen molar-refractivity contribution < 1.29 is 5.11 Å². The molecular formula is C13H17N3O. The SMILES string of the molecule is N#Cc1ccc(N(CCO)C2CCC2)cc1N. The number of hydrogen-bond donors (Lipinski definition) is 2. The number of nitrogens with two attached hydrogens (primary N) is 1. The van der Waals surface area contributed by atoms with E-state index in [0.717, 1.165) is 5.69 Å². The van der Waals surface area contributed by atoms with Crippen molar-refractivity contribution >= 4 is 11.4 Å². The molecule has 0 radical (unpaired) electrons. The van der Waals surface area contributed by atoms with Crippen molar-refractivity contribution in [2.75, 3.05) is 23.8 Å². The lowest BCUT2D eigenvalue weighted by molar-refractivity contribution is 0.283. The van der Waals surface area contributed by atoms with Gasteiger partial charge >= 0.3 is 0 Å². The van der Waals surface area contributed by atoms with Gasteiger partial charge in [-0.3, -0.25) is 0 Å². The first kappa shape index (κ1) is 11.7. The number of rotatable bonds is 4. The number of aliphatic hydroxyl groups is 1. The summed E-state index contributed by atoms with van der Waals surface area (Å²) in [4.78, 5) is 2.18. The van der Waals surface area contributed by atoms with Gasteiger partial charge in [0.25, 0.3) is 0 Å². The van der Waals surface area contributed by atoms with Gasteiger partial charge in [0.2, 0.25) is 0 Å². The molecule has 1 aromatic rings. The van der Waals surface area contributed by atoms with E-state index < -0.39 is 0 Å². The van der Waals surface area contributed by atoms with Crippen LogP contribution in [0.4, 0.5) is 11.4 Å². The van der Waals surface area contributed by atoms with Crippen LogP contribution in [0.1, 0.15) is 24.8 Å². The molecule has 2 rings (SSSR count). The van der Waals surface area contributed by atoms with Crippen LogP contribution in [-0.2, 0) is 0 Å². The lowest BCUT2D eigenvalue weighted by atomic mass is 9.91. The zero-order chi connectivity index (χ0) is 12.3. The van der Waals surface area contributed by atoms with E-state index in [1.807, 2.05) is 12.1 Å². The molecule has 0 bridgehead atoms. The number of nitrogen functional groups attached to an aromatic ring is 1. The first-order chi connectivity index (χ1) is 8.26. The monoisotopic (exact) mass is 231 g/mol. The first-order valence-corrected chi connectivity index (χ1v) is 5.93. The van der Waals surface area contributed by atoms with Gasteiger partial charge in [-0.25, -0.2) is 0 Å². The summed E-state index contributed by atoms with van der Waals surface area (Å²) in [5, 5.41) is 17.9. The second-order valence-electron chi connectivity index (χ2n) is 4.39. The summed E-state index contributed by atoms with van der Waals surface area (Å²) < 4.78 is 0.